The molecule has 5 heterocycles. The number of aliphatic hydroxyl groups excluding tert-OH is 1. The number of aromatic nitrogens is 2. The number of rotatable bonds is 3. The Hall–Kier alpha value is -3.59. The monoisotopic (exact) mass is 574 g/mol. The predicted octanol–water partition coefficient (Wildman–Crippen LogP) is 7.38. The van der Waals surface area contributed by atoms with E-state index < -0.39 is 12.3 Å². The molecule has 3 unspecified atom stereocenters. The number of nitrogens with two attached hydrogens (primary N) is 1. The van der Waals surface area contributed by atoms with Gasteiger partial charge >= 0.3 is 0 Å². The summed E-state index contributed by atoms with van der Waals surface area (Å²) in [5.41, 5.74) is 10.3. The number of para-hydroxylation sites is 1. The first kappa shape index (κ1) is 31.3. The summed E-state index contributed by atoms with van der Waals surface area (Å²) in [6, 6.07) is 14.3. The molecule has 2 aromatic heterocycles. The highest BCUT2D eigenvalue weighted by Crippen LogP contribution is 2.52. The van der Waals surface area contributed by atoms with Gasteiger partial charge in [0.05, 0.1) is 34.2 Å². The zero-order chi connectivity index (χ0) is 30.7. The Bertz CT molecular complexity index is 1720. The second-order valence-corrected chi connectivity index (χ2v) is 9.55. The quantitative estimate of drug-likeness (QED) is 0.209. The van der Waals surface area contributed by atoms with Gasteiger partial charge in [0.15, 0.2) is 6.23 Å². The highest BCUT2D eigenvalue weighted by Gasteiger charge is 2.44. The second kappa shape index (κ2) is 13.2. The number of fused-ring (bicyclic) bond motifs is 13. The van der Waals surface area contributed by atoms with Crippen LogP contribution in [0.1, 0.15) is 89.7 Å². The standard InChI is InChI=1S/C27H23N3O4.3C2H6.CH5N/c1-2-9-33-13-7-8-18-15(10-13)22-23-16(12-28-26(23)32)21-14-5-3-4-6-17(14)30-24(21)25(22)29(18)20-11-19(31)27(30)34-20;4*1-2/h3-8,10,19-20,27,31H,2,9,11-12H2,1H3,(H,28,32);3*1-2H3;2H2,1H3. The lowest BCUT2D eigenvalue weighted by Gasteiger charge is -2.18. The van der Waals surface area contributed by atoms with Crippen LogP contribution in [0.25, 0.3) is 43.6 Å². The van der Waals surface area contributed by atoms with Crippen LogP contribution in [-0.2, 0) is 11.3 Å². The zero-order valence-corrected chi connectivity index (χ0v) is 26.2. The molecule has 8 heteroatoms. The van der Waals surface area contributed by atoms with Crippen LogP contribution in [0.4, 0.5) is 0 Å². The Balaban J connectivity index is 0.000000470. The fraction of sp³-hybridized carbons (Fsp3) is 0.441. The van der Waals surface area contributed by atoms with Gasteiger partial charge in [-0.15, -0.1) is 0 Å². The molecule has 0 saturated carbocycles. The molecule has 0 spiro atoms. The third-order valence-electron chi connectivity index (χ3n) is 7.70. The van der Waals surface area contributed by atoms with Crippen molar-refractivity contribution in [1.29, 1.82) is 0 Å². The number of nitrogens with one attached hydrogen (secondary N) is 1. The summed E-state index contributed by atoms with van der Waals surface area (Å²) in [6.07, 6.45) is 0.0134. The van der Waals surface area contributed by atoms with E-state index in [2.05, 4.69) is 51.4 Å². The van der Waals surface area contributed by atoms with E-state index in [0.29, 0.717) is 19.6 Å². The number of ether oxygens (including phenoxy) is 2. The lowest BCUT2D eigenvalue weighted by atomic mass is 9.97. The van der Waals surface area contributed by atoms with E-state index in [9.17, 15) is 9.90 Å². The molecular weight excluding hydrogens is 528 g/mol. The third-order valence-corrected chi connectivity index (χ3v) is 7.70. The van der Waals surface area contributed by atoms with Gasteiger partial charge in [0.1, 0.15) is 18.1 Å². The number of aliphatic hydroxyl groups is 1. The minimum Gasteiger partial charge on any atom is -0.494 e. The number of benzene rings is 3. The van der Waals surface area contributed by atoms with Crippen LogP contribution in [0.15, 0.2) is 42.5 Å². The molecule has 226 valence electrons. The summed E-state index contributed by atoms with van der Waals surface area (Å²) >= 11 is 0. The van der Waals surface area contributed by atoms with E-state index >= 15 is 0 Å². The van der Waals surface area contributed by atoms with Crippen molar-refractivity contribution in [2.75, 3.05) is 13.7 Å². The van der Waals surface area contributed by atoms with Gasteiger partial charge in [0.2, 0.25) is 0 Å². The van der Waals surface area contributed by atoms with Crippen molar-refractivity contribution in [2.24, 2.45) is 5.73 Å². The van der Waals surface area contributed by atoms with Crippen molar-refractivity contribution < 1.29 is 19.4 Å². The Morgan fingerprint density at radius 1 is 0.952 bits per heavy atom. The summed E-state index contributed by atoms with van der Waals surface area (Å²) in [4.78, 5) is 13.3. The molecule has 3 atom stereocenters. The highest BCUT2D eigenvalue weighted by molar-refractivity contribution is 6.31. The molecular formula is C34H46N4O4. The highest BCUT2D eigenvalue weighted by atomic mass is 16.5. The predicted molar refractivity (Wildman–Crippen MR) is 173 cm³/mol. The lowest BCUT2D eigenvalue weighted by molar-refractivity contribution is -0.0504. The number of amides is 1. The van der Waals surface area contributed by atoms with Crippen molar-refractivity contribution in [3.8, 4) is 5.75 Å². The average Bonchev–Trinajstić information content (AvgIpc) is 3.77. The zero-order valence-electron chi connectivity index (χ0n) is 26.2. The Kier molecular flexibility index (Phi) is 9.82. The van der Waals surface area contributed by atoms with E-state index in [0.717, 1.165) is 66.9 Å². The third kappa shape index (κ3) is 4.44. The molecule has 0 aliphatic carbocycles. The SMILES string of the molecule is CC.CC.CC.CCCOc1ccc2c(c1)c1c3c(c4c5ccccc5n5c4c1n2C1CC(O)C5O1)CNC3=O.CN. The van der Waals surface area contributed by atoms with E-state index in [1.165, 1.54) is 7.05 Å². The minimum absolute atomic E-state index is 0.0389. The van der Waals surface area contributed by atoms with E-state index in [1.54, 1.807) is 0 Å². The molecule has 42 heavy (non-hydrogen) atoms. The van der Waals surface area contributed by atoms with Gasteiger partial charge in [-0.1, -0.05) is 66.7 Å². The Morgan fingerprint density at radius 2 is 1.62 bits per heavy atom. The molecule has 1 fully saturated rings. The van der Waals surface area contributed by atoms with Gasteiger partial charge in [-0.05, 0) is 43.3 Å². The molecule has 0 radical (unpaired) electrons. The van der Waals surface area contributed by atoms with E-state index in [-0.39, 0.29) is 12.1 Å². The summed E-state index contributed by atoms with van der Waals surface area (Å²) in [5.74, 6) is 0.756. The molecule has 8 rings (SSSR count). The molecule has 3 aliphatic rings. The molecule has 2 bridgehead atoms. The van der Waals surface area contributed by atoms with Gasteiger partial charge in [0.25, 0.3) is 5.91 Å². The number of nitrogens with zero attached hydrogens (tertiary/aromatic N) is 2. The first-order valence-corrected chi connectivity index (χ1v) is 15.5. The maximum Gasteiger partial charge on any atom is 0.252 e. The van der Waals surface area contributed by atoms with Crippen molar-refractivity contribution in [3.05, 3.63) is 53.6 Å². The van der Waals surface area contributed by atoms with E-state index in [1.807, 2.05) is 59.7 Å². The molecule has 3 aromatic carbocycles. The number of carbonyl (C=O) groups excluding carboxylic acids is 1. The van der Waals surface area contributed by atoms with Crippen LogP contribution in [0.3, 0.4) is 0 Å². The smallest absolute Gasteiger partial charge is 0.252 e. The maximum absolute atomic E-state index is 13.3. The van der Waals surface area contributed by atoms with Crippen LogP contribution >= 0.6 is 0 Å². The molecule has 1 saturated heterocycles. The van der Waals surface area contributed by atoms with Gasteiger partial charge < -0.3 is 34.8 Å². The van der Waals surface area contributed by atoms with Crippen LogP contribution in [-0.4, -0.2) is 39.9 Å². The van der Waals surface area contributed by atoms with Gasteiger partial charge in [-0.3, -0.25) is 4.79 Å². The van der Waals surface area contributed by atoms with Crippen molar-refractivity contribution in [1.82, 2.24) is 14.5 Å². The fourth-order valence-corrected chi connectivity index (χ4v) is 6.44. The Labute approximate surface area is 248 Å². The maximum atomic E-state index is 13.3. The number of carbonyl (C=O) groups is 1. The topological polar surface area (TPSA) is 104 Å². The molecule has 4 N–H and O–H groups in total. The minimum atomic E-state index is -0.621. The summed E-state index contributed by atoms with van der Waals surface area (Å²) in [7, 11) is 1.50. The average molecular weight is 575 g/mol. The van der Waals surface area contributed by atoms with Gasteiger partial charge in [-0.2, -0.15) is 0 Å². The largest absolute Gasteiger partial charge is 0.494 e. The number of hydrogen-bond acceptors (Lipinski definition) is 5. The summed E-state index contributed by atoms with van der Waals surface area (Å²) in [5, 5.41) is 18.2. The normalized spacial score (nSPS) is 19.1. The van der Waals surface area contributed by atoms with Crippen molar-refractivity contribution >= 4 is 49.5 Å². The molecule has 3 aliphatic heterocycles. The molecule has 8 nitrogen and oxygen atoms in total. The van der Waals surface area contributed by atoms with E-state index in [4.69, 9.17) is 9.47 Å². The fourth-order valence-electron chi connectivity index (χ4n) is 6.44. The molecule has 5 aromatic rings. The first-order chi connectivity index (χ1) is 20.7. The Morgan fingerprint density at radius 3 is 2.33 bits per heavy atom. The van der Waals surface area contributed by atoms with Crippen LogP contribution in [0.5, 0.6) is 5.75 Å². The van der Waals surface area contributed by atoms with Gasteiger partial charge in [-0.25, -0.2) is 0 Å². The summed E-state index contributed by atoms with van der Waals surface area (Å²) < 4.78 is 16.9. The van der Waals surface area contributed by atoms with Crippen LogP contribution in [0, 0.1) is 0 Å². The lowest BCUT2D eigenvalue weighted by Crippen LogP contribution is -2.19. The summed E-state index contributed by atoms with van der Waals surface area (Å²) in [6.45, 7) is 15.2. The van der Waals surface area contributed by atoms with Gasteiger partial charge in [0, 0.05) is 34.5 Å². The van der Waals surface area contributed by atoms with Crippen LogP contribution in [0.2, 0.25) is 0 Å². The number of hydrogen-bond donors (Lipinski definition) is 3. The van der Waals surface area contributed by atoms with Crippen molar-refractivity contribution in [2.45, 2.75) is 86.4 Å². The molecule has 1 amide bonds. The first-order valence-electron chi connectivity index (χ1n) is 15.5. The second-order valence-electron chi connectivity index (χ2n) is 9.55. The van der Waals surface area contributed by atoms with Crippen molar-refractivity contribution in [3.63, 3.8) is 0 Å². The van der Waals surface area contributed by atoms with Crippen LogP contribution < -0.4 is 15.8 Å².